The zero-order valence-corrected chi connectivity index (χ0v) is 18.6. The van der Waals surface area contributed by atoms with Crippen LogP contribution in [0.15, 0.2) is 67.0 Å². The molecule has 0 aliphatic rings. The molecule has 1 N–H and O–H groups in total. The van der Waals surface area contributed by atoms with Crippen molar-refractivity contribution >= 4 is 29.7 Å². The smallest absolute Gasteiger partial charge is 0.227 e. The topological polar surface area (TPSA) is 59.8 Å². The quantitative estimate of drug-likeness (QED) is 0.365. The van der Waals surface area contributed by atoms with Gasteiger partial charge in [0, 0.05) is 47.3 Å². The molecule has 0 saturated carbocycles. The molecule has 0 saturated heterocycles. The Hall–Kier alpha value is -2.91. The Balaban J connectivity index is 1.61. The zero-order chi connectivity index (χ0) is 21.1. The predicted molar refractivity (Wildman–Crippen MR) is 126 cm³/mol. The number of nitrogens with one attached hydrogen (secondary N) is 1. The van der Waals surface area contributed by atoms with Gasteiger partial charge in [-0.3, -0.25) is 0 Å². The lowest BCUT2D eigenvalue weighted by Gasteiger charge is -2.10. The van der Waals surface area contributed by atoms with Crippen LogP contribution in [0.1, 0.15) is 12.0 Å². The minimum absolute atomic E-state index is 0.580. The molecular formula is C24H27N4OP. The van der Waals surface area contributed by atoms with Crippen molar-refractivity contribution in [3.05, 3.63) is 72.6 Å². The lowest BCUT2D eigenvalue weighted by Crippen LogP contribution is -1.99. The van der Waals surface area contributed by atoms with Crippen molar-refractivity contribution in [1.82, 2.24) is 14.5 Å². The van der Waals surface area contributed by atoms with Crippen LogP contribution in [-0.4, -0.2) is 34.0 Å². The Kier molecular flexibility index (Phi) is 5.74. The maximum absolute atomic E-state index is 12.0. The van der Waals surface area contributed by atoms with Gasteiger partial charge in [-0.1, -0.05) is 24.3 Å². The van der Waals surface area contributed by atoms with Gasteiger partial charge in [-0.25, -0.2) is 9.97 Å². The Labute approximate surface area is 177 Å². The van der Waals surface area contributed by atoms with E-state index in [9.17, 15) is 4.57 Å². The highest BCUT2D eigenvalue weighted by molar-refractivity contribution is 7.62. The molecular weight excluding hydrogens is 391 g/mol. The van der Waals surface area contributed by atoms with Crippen LogP contribution in [-0.2, 0) is 11.1 Å². The second-order valence-electron chi connectivity index (χ2n) is 8.16. The molecule has 2 aromatic heterocycles. The van der Waals surface area contributed by atoms with Gasteiger partial charge in [0.05, 0.1) is 12.8 Å². The summed E-state index contributed by atoms with van der Waals surface area (Å²) in [6.07, 6.45) is 5.58. The van der Waals surface area contributed by atoms with Crippen molar-refractivity contribution in [3.8, 4) is 11.3 Å². The molecule has 6 heteroatoms. The summed E-state index contributed by atoms with van der Waals surface area (Å²) in [7, 11) is -1.98. The van der Waals surface area contributed by atoms with E-state index in [1.807, 2.05) is 31.5 Å². The van der Waals surface area contributed by atoms with Crippen LogP contribution in [0.5, 0.6) is 0 Å². The van der Waals surface area contributed by atoms with Crippen LogP contribution in [0, 0.1) is 6.92 Å². The molecule has 5 nitrogen and oxygen atoms in total. The number of anilines is 2. The summed E-state index contributed by atoms with van der Waals surface area (Å²) in [5.74, 6) is 0.580. The fraction of sp³-hybridized carbons (Fsp3) is 0.250. The number of rotatable bonds is 7. The molecule has 154 valence electrons. The van der Waals surface area contributed by atoms with E-state index < -0.39 is 7.14 Å². The lowest BCUT2D eigenvalue weighted by molar-refractivity contribution is 0.577. The summed E-state index contributed by atoms with van der Waals surface area (Å²) >= 11 is 0. The predicted octanol–water partition coefficient (Wildman–Crippen LogP) is 6.16. The highest BCUT2D eigenvalue weighted by Gasteiger charge is 2.11. The standard InChI is InChI=1S/C24H27N4OP/c1-18-7-4-8-19(17-18)26-24-25-13-11-22(27-24)20-9-5-10-23-21(20)12-15-28(23)14-6-16-30(2,3)29/h4-5,7-13,15,17H,6,14,16H2,1-3H3,(H,25,26,27). The first-order valence-corrected chi connectivity index (χ1v) is 13.0. The summed E-state index contributed by atoms with van der Waals surface area (Å²) < 4.78 is 14.2. The maximum Gasteiger partial charge on any atom is 0.227 e. The maximum atomic E-state index is 12.0. The summed E-state index contributed by atoms with van der Waals surface area (Å²) in [5.41, 5.74) is 5.29. The fourth-order valence-electron chi connectivity index (χ4n) is 3.68. The van der Waals surface area contributed by atoms with E-state index in [2.05, 4.69) is 64.4 Å². The Morgan fingerprint density at radius 3 is 2.70 bits per heavy atom. The van der Waals surface area contributed by atoms with Gasteiger partial charge in [0.1, 0.15) is 0 Å². The lowest BCUT2D eigenvalue weighted by atomic mass is 10.1. The Bertz CT molecular complexity index is 1220. The average Bonchev–Trinajstić information content (AvgIpc) is 3.10. The van der Waals surface area contributed by atoms with Crippen molar-refractivity contribution in [2.75, 3.05) is 24.8 Å². The van der Waals surface area contributed by atoms with Crippen LogP contribution in [0.25, 0.3) is 22.2 Å². The minimum Gasteiger partial charge on any atom is -0.347 e. The first-order valence-electron chi connectivity index (χ1n) is 10.2. The molecule has 2 heterocycles. The minimum atomic E-state index is -1.98. The van der Waals surface area contributed by atoms with Crippen molar-refractivity contribution < 1.29 is 4.57 Å². The van der Waals surface area contributed by atoms with Gasteiger partial charge in [0.15, 0.2) is 0 Å². The molecule has 0 unspecified atom stereocenters. The second kappa shape index (κ2) is 8.45. The average molecular weight is 418 g/mol. The third-order valence-corrected chi connectivity index (χ3v) is 6.51. The first-order chi connectivity index (χ1) is 14.4. The van der Waals surface area contributed by atoms with Gasteiger partial charge in [-0.2, -0.15) is 0 Å². The molecule has 0 amide bonds. The van der Waals surface area contributed by atoms with Gasteiger partial charge < -0.3 is 14.4 Å². The van der Waals surface area contributed by atoms with Gasteiger partial charge >= 0.3 is 0 Å². The van der Waals surface area contributed by atoms with Gasteiger partial charge in [-0.05, 0) is 62.6 Å². The second-order valence-corrected chi connectivity index (χ2v) is 11.8. The molecule has 2 aromatic carbocycles. The normalized spacial score (nSPS) is 11.7. The van der Waals surface area contributed by atoms with Crippen molar-refractivity contribution in [2.45, 2.75) is 19.9 Å². The fourth-order valence-corrected chi connectivity index (χ4v) is 4.59. The van der Waals surface area contributed by atoms with E-state index >= 15 is 0 Å². The summed E-state index contributed by atoms with van der Waals surface area (Å²) in [4.78, 5) is 9.14. The van der Waals surface area contributed by atoms with E-state index in [4.69, 9.17) is 4.98 Å². The SMILES string of the molecule is Cc1cccc(Nc2nccc(-c3cccc4c3ccn4CCCP(C)(C)=O)n2)c1. The monoisotopic (exact) mass is 418 g/mol. The largest absolute Gasteiger partial charge is 0.347 e. The number of nitrogens with zero attached hydrogens (tertiary/aromatic N) is 3. The molecule has 0 spiro atoms. The Morgan fingerprint density at radius 2 is 1.90 bits per heavy atom. The van der Waals surface area contributed by atoms with E-state index in [-0.39, 0.29) is 0 Å². The highest BCUT2D eigenvalue weighted by atomic mass is 31.2. The summed E-state index contributed by atoms with van der Waals surface area (Å²) in [5, 5.41) is 4.46. The molecule has 0 fully saturated rings. The van der Waals surface area contributed by atoms with Crippen molar-refractivity contribution in [1.29, 1.82) is 0 Å². The molecule has 0 radical (unpaired) electrons. The van der Waals surface area contributed by atoms with Crippen LogP contribution in [0.3, 0.4) is 0 Å². The zero-order valence-electron chi connectivity index (χ0n) is 17.7. The van der Waals surface area contributed by atoms with Crippen molar-refractivity contribution in [3.63, 3.8) is 0 Å². The molecule has 0 aliphatic carbocycles. The number of hydrogen-bond acceptors (Lipinski definition) is 4. The molecule has 0 aliphatic heterocycles. The first kappa shape index (κ1) is 20.4. The Morgan fingerprint density at radius 1 is 1.07 bits per heavy atom. The molecule has 0 bridgehead atoms. The van der Waals surface area contributed by atoms with E-state index in [0.29, 0.717) is 5.95 Å². The third-order valence-electron chi connectivity index (χ3n) is 5.12. The van der Waals surface area contributed by atoms with Gasteiger partial charge in [-0.15, -0.1) is 0 Å². The molecule has 30 heavy (non-hydrogen) atoms. The summed E-state index contributed by atoms with van der Waals surface area (Å²) in [6.45, 7) is 6.64. The van der Waals surface area contributed by atoms with Crippen LogP contribution in [0.2, 0.25) is 0 Å². The van der Waals surface area contributed by atoms with E-state index in [0.717, 1.165) is 41.5 Å². The molecule has 4 aromatic rings. The van der Waals surface area contributed by atoms with E-state index in [1.54, 1.807) is 6.20 Å². The van der Waals surface area contributed by atoms with E-state index in [1.165, 1.54) is 11.1 Å². The molecule has 4 rings (SSSR count). The van der Waals surface area contributed by atoms with Crippen molar-refractivity contribution in [2.24, 2.45) is 0 Å². The van der Waals surface area contributed by atoms with Crippen LogP contribution < -0.4 is 5.32 Å². The van der Waals surface area contributed by atoms with Crippen LogP contribution >= 0.6 is 7.14 Å². The van der Waals surface area contributed by atoms with Gasteiger partial charge in [0.25, 0.3) is 0 Å². The number of hydrogen-bond donors (Lipinski definition) is 1. The highest BCUT2D eigenvalue weighted by Crippen LogP contribution is 2.36. The number of fused-ring (bicyclic) bond motifs is 1. The number of benzene rings is 2. The third kappa shape index (κ3) is 4.80. The number of aryl methyl sites for hydroxylation is 2. The van der Waals surface area contributed by atoms with Crippen LogP contribution in [0.4, 0.5) is 11.6 Å². The summed E-state index contributed by atoms with van der Waals surface area (Å²) in [6, 6.07) is 18.5. The number of aromatic nitrogens is 3. The van der Waals surface area contributed by atoms with Gasteiger partial charge in [0.2, 0.25) is 5.95 Å². The molecule has 0 atom stereocenters.